The molecule has 0 saturated carbocycles. The van der Waals surface area contributed by atoms with Crippen LogP contribution in [0.2, 0.25) is 0 Å². The van der Waals surface area contributed by atoms with Crippen LogP contribution in [0.15, 0.2) is 0 Å². The van der Waals surface area contributed by atoms with Gasteiger partial charge in [0.25, 0.3) is 0 Å². The number of hydrogen-bond donors (Lipinski definition) is 0. The largest absolute Gasteiger partial charge is 2.00 e. The van der Waals surface area contributed by atoms with Crippen molar-refractivity contribution in [3.8, 4) is 0 Å². The third-order valence-electron chi connectivity index (χ3n) is 0. The quantitative estimate of drug-likeness (QED) is 0.313. The molecule has 0 aromatic heterocycles. The number of hydrogen-bond acceptors (Lipinski definition) is 9. The van der Waals surface area contributed by atoms with Crippen molar-refractivity contribution in [2.24, 2.45) is 0 Å². The maximum Gasteiger partial charge on any atom is 2.00 e. The molecule has 0 rings (SSSR count). The Labute approximate surface area is 122 Å². The Balaban J connectivity index is 0. The number of rotatable bonds is 0. The zero-order chi connectivity index (χ0) is 0. The van der Waals surface area contributed by atoms with Gasteiger partial charge in [0.2, 0.25) is 0 Å². The molecule has 13 heavy (non-hydrogen) atoms. The van der Waals surface area contributed by atoms with Gasteiger partial charge in [-0.25, -0.2) is 0 Å². The minimum atomic E-state index is 0. The normalized spacial score (nSPS) is 0. The molecule has 0 atom stereocenters. The van der Waals surface area contributed by atoms with E-state index in [-0.39, 0.29) is 122 Å². The summed E-state index contributed by atoms with van der Waals surface area (Å²) in [4.78, 5) is 0. The van der Waals surface area contributed by atoms with Crippen molar-refractivity contribution < 1.29 is 122 Å². The van der Waals surface area contributed by atoms with Crippen molar-refractivity contribution in [1.29, 1.82) is 0 Å². The first kappa shape index (κ1) is 781. The fourth-order valence-electron chi connectivity index (χ4n) is 0. The van der Waals surface area contributed by atoms with E-state index in [9.17, 15) is 0 Å². The predicted octanol–water partition coefficient (Wildman–Crippen LogP) is -4.59. The van der Waals surface area contributed by atoms with Gasteiger partial charge in [0.15, 0.2) is 0 Å². The van der Waals surface area contributed by atoms with E-state index in [4.69, 9.17) is 0 Å². The van der Waals surface area contributed by atoms with Gasteiger partial charge in [-0.05, 0) is 0 Å². The van der Waals surface area contributed by atoms with Crippen LogP contribution in [0.3, 0.4) is 0 Å². The molecule has 0 heterocycles. The van der Waals surface area contributed by atoms with Crippen LogP contribution >= 0.6 is 0 Å². The molecule has 0 amide bonds. The summed E-state index contributed by atoms with van der Waals surface area (Å²) in [6.45, 7) is 0. The summed E-state index contributed by atoms with van der Waals surface area (Å²) in [5.74, 6) is 0. The second-order valence-corrected chi connectivity index (χ2v) is 0. The third kappa shape index (κ3) is 534. The van der Waals surface area contributed by atoms with Crippen LogP contribution in [-0.4, -0.2) is 49.3 Å². The van der Waals surface area contributed by atoms with Crippen LogP contribution in [0.1, 0.15) is 0 Å². The zero-order valence-electron chi connectivity index (χ0n) is 6.08. The van der Waals surface area contributed by atoms with Crippen molar-refractivity contribution in [1.82, 2.24) is 0 Å². The first-order valence-corrected chi connectivity index (χ1v) is 0. The van der Waals surface area contributed by atoms with Gasteiger partial charge in [-0.2, -0.15) is 0 Å². The maximum atomic E-state index is 0. The van der Waals surface area contributed by atoms with Gasteiger partial charge in [0.1, 0.15) is 0 Å². The molecule has 9 nitrogen and oxygen atoms in total. The van der Waals surface area contributed by atoms with Crippen LogP contribution in [0.25, 0.3) is 0 Å². The van der Waals surface area contributed by atoms with E-state index in [1.807, 2.05) is 0 Å². The van der Waals surface area contributed by atoms with Crippen molar-refractivity contribution in [3.05, 3.63) is 0 Å². The van der Waals surface area contributed by atoms with Crippen molar-refractivity contribution in [3.63, 3.8) is 0 Å². The minimum Gasteiger partial charge on any atom is -0.870 e. The Bertz CT molecular complexity index is 19.6. The Morgan fingerprint density at radius 1 is 0.385 bits per heavy atom. The summed E-state index contributed by atoms with van der Waals surface area (Å²) >= 11 is 0. The molecule has 0 fully saturated rings. The topological polar surface area (TPSA) is 270 Å². The van der Waals surface area contributed by atoms with Crippen molar-refractivity contribution >= 4 is 0 Å². The van der Waals surface area contributed by atoms with Crippen LogP contribution in [0.4, 0.5) is 0 Å². The zero-order valence-corrected chi connectivity index (χ0v) is 11.0. The van der Waals surface area contributed by atoms with E-state index in [0.717, 1.165) is 0 Å². The summed E-state index contributed by atoms with van der Waals surface area (Å²) in [5, 5.41) is 0. The summed E-state index contributed by atoms with van der Waals surface area (Å²) in [5.41, 5.74) is 0. The summed E-state index contributed by atoms with van der Waals surface area (Å²) in [7, 11) is 0. The van der Waals surface area contributed by atoms with Gasteiger partial charge in [-0.1, -0.05) is 0 Å². The fourth-order valence-corrected chi connectivity index (χ4v) is 0. The molecule has 93 valence electrons. The monoisotopic (exact) mass is 461 g/mol. The second-order valence-electron chi connectivity index (χ2n) is 0. The molecule has 0 aliphatic heterocycles. The minimum absolute atomic E-state index is 0. The van der Waals surface area contributed by atoms with E-state index in [1.165, 1.54) is 0 Å². The molecule has 9 N–H and O–H groups in total. The van der Waals surface area contributed by atoms with Gasteiger partial charge < -0.3 is 49.3 Å². The Hall–Kier alpha value is 1.93. The smallest absolute Gasteiger partial charge is 0.870 e. The van der Waals surface area contributed by atoms with Crippen LogP contribution < -0.4 is 18.9 Å². The van der Waals surface area contributed by atoms with Gasteiger partial charge in [0.05, 0.1) is 0 Å². The Kier molecular flexibility index (Phi) is 37700. The molecule has 13 heteroatoms. The summed E-state index contributed by atoms with van der Waals surface area (Å²) < 4.78 is 0. The van der Waals surface area contributed by atoms with Gasteiger partial charge in [-0.3, -0.25) is 0 Å². The summed E-state index contributed by atoms with van der Waals surface area (Å²) in [6, 6.07) is 0. The van der Waals surface area contributed by atoms with Gasteiger partial charge in [-0.15, -0.1) is 0 Å². The van der Waals surface area contributed by atoms with Crippen LogP contribution in [0, 0.1) is 0 Å². The second kappa shape index (κ2) is 627. The molecule has 0 aliphatic carbocycles. The Morgan fingerprint density at radius 3 is 0.385 bits per heavy atom. The first-order chi connectivity index (χ1) is 0. The first-order valence-electron chi connectivity index (χ1n) is 0. The van der Waals surface area contributed by atoms with Crippen LogP contribution in [0.5, 0.6) is 0 Å². The molecule has 0 saturated heterocycles. The molecule has 0 unspecified atom stereocenters. The van der Waals surface area contributed by atoms with E-state index < -0.39 is 0 Å². The van der Waals surface area contributed by atoms with Gasteiger partial charge >= 0.3 is 52.1 Å². The molecule has 1 radical (unpaired) electrons. The fraction of sp³-hybridized carbons (Fsp3) is 0. The molecule has 0 aromatic rings. The van der Waals surface area contributed by atoms with E-state index in [2.05, 4.69) is 0 Å². The molecule has 0 aromatic carbocycles. The van der Waals surface area contributed by atoms with Crippen LogP contribution in [-0.2, 0) is 54.3 Å². The van der Waals surface area contributed by atoms with Crippen molar-refractivity contribution in [2.45, 2.75) is 0 Å². The van der Waals surface area contributed by atoms with E-state index >= 15 is 0 Å². The van der Waals surface area contributed by atoms with E-state index in [0.29, 0.717) is 0 Å². The SMILES string of the molecule is [Co+2].[Li+].[Ni+2].[OH-].[OH-].[OH-].[OH-].[OH-].[OH-].[OH-].[OH-].[OH-].[W]. The molecular formula is H9CoLiNiO9W-4. The summed E-state index contributed by atoms with van der Waals surface area (Å²) in [6.07, 6.45) is 0. The third-order valence-corrected chi connectivity index (χ3v) is 0. The average molecular weight is 461 g/mol. The molecular weight excluding hydrogens is 452 g/mol. The average Bonchev–Trinajstić information content (AvgIpc) is 0. The standard InChI is InChI=1S/Co.Li.Ni.9H2O.W/h;;;9*1H2;/q+2;+1;+2;;;;;;;;;;/p-9. The van der Waals surface area contributed by atoms with Gasteiger partial charge in [0, 0.05) is 21.1 Å². The maximum absolute atomic E-state index is 0. The molecule has 0 bridgehead atoms. The van der Waals surface area contributed by atoms with Crippen molar-refractivity contribution in [2.75, 3.05) is 0 Å². The van der Waals surface area contributed by atoms with E-state index in [1.54, 1.807) is 0 Å². The predicted molar refractivity (Wildman–Crippen MR) is 17.4 cm³/mol. The Morgan fingerprint density at radius 2 is 0.385 bits per heavy atom. The molecule has 0 aliphatic rings. The molecule has 0 spiro atoms.